The monoisotopic (exact) mass is 326 g/mol. The summed E-state index contributed by atoms with van der Waals surface area (Å²) in [7, 11) is 1.57. The van der Waals surface area contributed by atoms with E-state index in [9.17, 15) is 4.79 Å². The molecular formula is C22H30O2. The zero-order valence-electron chi connectivity index (χ0n) is 15.6. The quantitative estimate of drug-likeness (QED) is 0.370. The molecule has 24 heavy (non-hydrogen) atoms. The molecule has 2 rings (SSSR count). The number of rotatable bonds is 4. The van der Waals surface area contributed by atoms with Gasteiger partial charge in [-0.1, -0.05) is 101 Å². The fraction of sp³-hybridized carbons (Fsp3) is 0.318. The van der Waals surface area contributed by atoms with E-state index < -0.39 is 0 Å². The zero-order chi connectivity index (χ0) is 18.2. The zero-order valence-corrected chi connectivity index (χ0v) is 15.6. The van der Waals surface area contributed by atoms with Gasteiger partial charge in [-0.25, -0.2) is 0 Å². The van der Waals surface area contributed by atoms with E-state index in [0.29, 0.717) is 11.3 Å². The molecule has 0 N–H and O–H groups in total. The van der Waals surface area contributed by atoms with E-state index >= 15 is 0 Å². The minimum atomic E-state index is -0.0590. The van der Waals surface area contributed by atoms with Gasteiger partial charge in [-0.15, -0.1) is 0 Å². The minimum Gasteiger partial charge on any atom is -0.496 e. The number of ketones is 1. The van der Waals surface area contributed by atoms with E-state index in [2.05, 4.69) is 27.7 Å². The Kier molecular flexibility index (Phi) is 12.9. The molecule has 0 fully saturated rings. The van der Waals surface area contributed by atoms with Crippen LogP contribution in [0.1, 0.15) is 56.5 Å². The summed E-state index contributed by atoms with van der Waals surface area (Å²) in [5.41, 5.74) is 1.55. The van der Waals surface area contributed by atoms with Crippen molar-refractivity contribution in [3.05, 3.63) is 77.9 Å². The highest BCUT2D eigenvalue weighted by Crippen LogP contribution is 2.15. The molecule has 2 nitrogen and oxygen atoms in total. The number of methoxy groups -OCH3 is 1. The Balaban J connectivity index is 0.000000772. The van der Waals surface area contributed by atoms with Crippen molar-refractivity contribution in [3.63, 3.8) is 0 Å². The van der Waals surface area contributed by atoms with Gasteiger partial charge in [0.25, 0.3) is 0 Å². The summed E-state index contributed by atoms with van der Waals surface area (Å²) >= 11 is 0. The van der Waals surface area contributed by atoms with Crippen LogP contribution in [0, 0.1) is 0 Å². The van der Waals surface area contributed by atoms with Crippen molar-refractivity contribution in [2.24, 2.45) is 0 Å². The maximum Gasteiger partial charge on any atom is 0.189 e. The topological polar surface area (TPSA) is 26.3 Å². The van der Waals surface area contributed by atoms with Gasteiger partial charge in [0.15, 0.2) is 5.78 Å². The molecule has 0 aliphatic rings. The first kappa shape index (κ1) is 21.7. The lowest BCUT2D eigenvalue weighted by Crippen LogP contribution is -1.97. The van der Waals surface area contributed by atoms with E-state index in [1.165, 1.54) is 18.9 Å². The maximum atomic E-state index is 12.0. The first-order valence-electron chi connectivity index (χ1n) is 8.54. The standard InChI is InChI=1S/C16H14O2.2C3H8/c1-18-16(14-10-6-3-7-11-14)12-15(17)13-8-4-2-5-9-13;2*1-3-2/h2-12H,1H3;2*3H2,1-2H3/b16-12-;;. The molecule has 0 unspecified atom stereocenters. The Hall–Kier alpha value is -2.35. The van der Waals surface area contributed by atoms with E-state index in [0.717, 1.165) is 5.56 Å². The predicted molar refractivity (Wildman–Crippen MR) is 104 cm³/mol. The third kappa shape index (κ3) is 8.94. The van der Waals surface area contributed by atoms with Gasteiger partial charge in [-0.05, 0) is 0 Å². The van der Waals surface area contributed by atoms with Gasteiger partial charge in [-0.2, -0.15) is 0 Å². The van der Waals surface area contributed by atoms with Crippen molar-refractivity contribution < 1.29 is 9.53 Å². The van der Waals surface area contributed by atoms with E-state index in [4.69, 9.17) is 4.74 Å². The largest absolute Gasteiger partial charge is 0.496 e. The third-order valence-electron chi connectivity index (χ3n) is 2.60. The molecule has 0 atom stereocenters. The van der Waals surface area contributed by atoms with Crippen LogP contribution in [-0.2, 0) is 4.74 Å². The summed E-state index contributed by atoms with van der Waals surface area (Å²) in [6.07, 6.45) is 4.02. The molecule has 0 bridgehead atoms. The van der Waals surface area contributed by atoms with Crippen LogP contribution in [0.25, 0.3) is 5.76 Å². The van der Waals surface area contributed by atoms with Crippen LogP contribution in [0.3, 0.4) is 0 Å². The molecule has 0 aliphatic carbocycles. The Morgan fingerprint density at radius 3 is 1.54 bits per heavy atom. The summed E-state index contributed by atoms with van der Waals surface area (Å²) in [4.78, 5) is 12.0. The second kappa shape index (κ2) is 14.3. The van der Waals surface area contributed by atoms with Crippen LogP contribution < -0.4 is 0 Å². The van der Waals surface area contributed by atoms with Crippen molar-refractivity contribution in [1.29, 1.82) is 0 Å². The van der Waals surface area contributed by atoms with Crippen molar-refractivity contribution in [1.82, 2.24) is 0 Å². The fourth-order valence-corrected chi connectivity index (χ4v) is 1.67. The summed E-state index contributed by atoms with van der Waals surface area (Å²) in [5.74, 6) is 0.515. The summed E-state index contributed by atoms with van der Waals surface area (Å²) in [6, 6.07) is 18.7. The van der Waals surface area contributed by atoms with Crippen LogP contribution in [-0.4, -0.2) is 12.9 Å². The van der Waals surface area contributed by atoms with Crippen LogP contribution in [0.2, 0.25) is 0 Å². The number of hydrogen-bond donors (Lipinski definition) is 0. The fourth-order valence-electron chi connectivity index (χ4n) is 1.67. The highest BCUT2D eigenvalue weighted by Gasteiger charge is 2.06. The number of carbonyl (C=O) groups is 1. The molecule has 130 valence electrons. The van der Waals surface area contributed by atoms with Gasteiger partial charge in [0.1, 0.15) is 5.76 Å². The number of allylic oxidation sites excluding steroid dienone is 1. The number of ether oxygens (including phenoxy) is 1. The minimum absolute atomic E-state index is 0.0590. The van der Waals surface area contributed by atoms with Gasteiger partial charge in [0.2, 0.25) is 0 Å². The number of benzene rings is 2. The molecular weight excluding hydrogens is 296 g/mol. The Morgan fingerprint density at radius 1 is 0.792 bits per heavy atom. The highest BCUT2D eigenvalue weighted by atomic mass is 16.5. The van der Waals surface area contributed by atoms with Gasteiger partial charge < -0.3 is 4.74 Å². The van der Waals surface area contributed by atoms with Crippen LogP contribution in [0.5, 0.6) is 0 Å². The smallest absolute Gasteiger partial charge is 0.189 e. The van der Waals surface area contributed by atoms with E-state index in [1.54, 1.807) is 19.2 Å². The first-order valence-corrected chi connectivity index (χ1v) is 8.54. The average Bonchev–Trinajstić information content (AvgIpc) is 2.62. The average molecular weight is 326 g/mol. The first-order chi connectivity index (χ1) is 11.6. The Labute approximate surface area is 147 Å². The number of hydrogen-bond acceptors (Lipinski definition) is 2. The van der Waals surface area contributed by atoms with Crippen molar-refractivity contribution in [2.45, 2.75) is 40.5 Å². The second-order valence-corrected chi connectivity index (χ2v) is 5.22. The Morgan fingerprint density at radius 2 is 1.17 bits per heavy atom. The lowest BCUT2D eigenvalue weighted by molar-refractivity contribution is 0.104. The van der Waals surface area contributed by atoms with Crippen LogP contribution >= 0.6 is 0 Å². The molecule has 2 aromatic carbocycles. The molecule has 0 heterocycles. The molecule has 0 saturated carbocycles. The van der Waals surface area contributed by atoms with Crippen molar-refractivity contribution >= 4 is 11.5 Å². The summed E-state index contributed by atoms with van der Waals surface area (Å²) < 4.78 is 5.27. The van der Waals surface area contributed by atoms with Crippen LogP contribution in [0.15, 0.2) is 66.7 Å². The SMILES string of the molecule is CCC.CCC.CO/C(=C\C(=O)c1ccccc1)c1ccccc1. The Bertz CT molecular complexity index is 569. The highest BCUT2D eigenvalue weighted by molar-refractivity contribution is 6.07. The lowest BCUT2D eigenvalue weighted by Gasteiger charge is -2.05. The van der Waals surface area contributed by atoms with Gasteiger partial charge in [0, 0.05) is 17.2 Å². The van der Waals surface area contributed by atoms with E-state index in [-0.39, 0.29) is 5.78 Å². The molecule has 0 amide bonds. The van der Waals surface area contributed by atoms with Gasteiger partial charge >= 0.3 is 0 Å². The van der Waals surface area contributed by atoms with Crippen LogP contribution in [0.4, 0.5) is 0 Å². The molecule has 0 radical (unpaired) electrons. The van der Waals surface area contributed by atoms with Crippen molar-refractivity contribution in [2.75, 3.05) is 7.11 Å². The molecule has 0 aromatic heterocycles. The van der Waals surface area contributed by atoms with Gasteiger partial charge in [-0.3, -0.25) is 4.79 Å². The number of carbonyl (C=O) groups excluding carboxylic acids is 1. The molecule has 0 aliphatic heterocycles. The second-order valence-electron chi connectivity index (χ2n) is 5.22. The van der Waals surface area contributed by atoms with Crippen molar-refractivity contribution in [3.8, 4) is 0 Å². The lowest BCUT2D eigenvalue weighted by atomic mass is 10.1. The molecule has 2 aromatic rings. The molecule has 0 spiro atoms. The predicted octanol–water partition coefficient (Wildman–Crippen LogP) is 6.39. The molecule has 2 heteroatoms. The summed E-state index contributed by atoms with van der Waals surface area (Å²) in [5, 5.41) is 0. The van der Waals surface area contributed by atoms with E-state index in [1.807, 2.05) is 48.5 Å². The normalized spacial score (nSPS) is 9.79. The molecule has 0 saturated heterocycles. The maximum absolute atomic E-state index is 12.0. The van der Waals surface area contributed by atoms with Gasteiger partial charge in [0.05, 0.1) is 7.11 Å². The third-order valence-corrected chi connectivity index (χ3v) is 2.60. The summed E-state index contributed by atoms with van der Waals surface area (Å²) in [6.45, 7) is 8.50.